The smallest absolute Gasteiger partial charge is 0.265 e. The molecular formula is C2H4N2O2. The van der Waals surface area contributed by atoms with Crippen LogP contribution in [0.5, 0.6) is 0 Å². The molecule has 0 saturated carbocycles. The third kappa shape index (κ3) is 1.28. The molecule has 0 radical (unpaired) electrons. The van der Waals surface area contributed by atoms with Crippen LogP contribution in [-0.2, 0) is 0 Å². The first-order valence-corrected chi connectivity index (χ1v) is 1.22. The summed E-state index contributed by atoms with van der Waals surface area (Å²) in [7, 11) is 0. The molecule has 6 heavy (non-hydrogen) atoms. The molecule has 0 heterocycles. The fourth-order valence-corrected chi connectivity index (χ4v) is 0.0289. The zero-order valence-electron chi connectivity index (χ0n) is 2.92. The predicted molar refractivity (Wildman–Crippen MR) is 18.5 cm³/mol. The minimum atomic E-state index is -0.685. The zero-order valence-corrected chi connectivity index (χ0v) is 2.92. The van der Waals surface area contributed by atoms with E-state index < -0.39 is 5.88 Å². The van der Waals surface area contributed by atoms with Crippen molar-refractivity contribution in [1.82, 2.24) is 0 Å². The first kappa shape index (κ1) is 4.94. The van der Waals surface area contributed by atoms with E-state index in [0.717, 1.165) is 0 Å². The highest BCUT2D eigenvalue weighted by molar-refractivity contribution is 4.75. The Balaban J connectivity index is 3.50. The summed E-state index contributed by atoms with van der Waals surface area (Å²) in [5, 5.41) is 18.1. The first-order chi connectivity index (χ1) is 2.81. The maximum atomic E-state index is 7.92. The van der Waals surface area contributed by atoms with Gasteiger partial charge >= 0.3 is 0 Å². The van der Waals surface area contributed by atoms with Gasteiger partial charge in [-0.05, 0) is 0 Å². The van der Waals surface area contributed by atoms with E-state index in [-0.39, 0.29) is 0 Å². The van der Waals surface area contributed by atoms with Crippen LogP contribution in [0.15, 0.2) is 17.3 Å². The lowest BCUT2D eigenvalue weighted by molar-refractivity contribution is 0.350. The topological polar surface area (TPSA) is 76.7 Å². The largest absolute Gasteiger partial charge is 0.510 e. The van der Waals surface area contributed by atoms with Crippen LogP contribution in [0.3, 0.4) is 0 Å². The first-order valence-electron chi connectivity index (χ1n) is 1.22. The van der Waals surface area contributed by atoms with Gasteiger partial charge in [-0.1, -0.05) is 0 Å². The van der Waals surface area contributed by atoms with Gasteiger partial charge in [-0.2, -0.15) is 0 Å². The third-order valence-electron chi connectivity index (χ3n) is 0.230. The molecule has 4 heteroatoms. The fourth-order valence-electron chi connectivity index (χ4n) is 0.0289. The standard InChI is InChI=1S/C2H4N2O2/c3-4-2(6)1-5/h1,3,5-6H. The second kappa shape index (κ2) is 2.19. The number of aliphatic hydroxyl groups excluding tert-OH is 2. The minimum absolute atomic E-state index is 0.340. The summed E-state index contributed by atoms with van der Waals surface area (Å²) in [6, 6.07) is 0. The van der Waals surface area contributed by atoms with Gasteiger partial charge in [0.2, 0.25) is 0 Å². The molecule has 0 amide bonds. The van der Waals surface area contributed by atoms with Crippen molar-refractivity contribution in [3.63, 3.8) is 0 Å². The molecule has 0 fully saturated rings. The van der Waals surface area contributed by atoms with Crippen molar-refractivity contribution in [3.8, 4) is 0 Å². The Labute approximate surface area is 34.2 Å². The molecule has 0 aliphatic heterocycles. The fraction of sp³-hybridized carbons (Fsp3) is 0. The highest BCUT2D eigenvalue weighted by Gasteiger charge is 1.76. The summed E-state index contributed by atoms with van der Waals surface area (Å²) >= 11 is 0. The highest BCUT2D eigenvalue weighted by atomic mass is 16.3. The number of hydrogen-bond acceptors (Lipinski definition) is 4. The molecule has 0 atom stereocenters. The number of nitrogens with zero attached hydrogens (tertiary/aromatic N) is 1. The summed E-state index contributed by atoms with van der Waals surface area (Å²) in [6.45, 7) is 0. The van der Waals surface area contributed by atoms with Gasteiger partial charge in [-0.25, -0.2) is 5.53 Å². The second-order valence-electron chi connectivity index (χ2n) is 0.599. The van der Waals surface area contributed by atoms with Crippen molar-refractivity contribution in [3.05, 3.63) is 12.1 Å². The summed E-state index contributed by atoms with van der Waals surface area (Å²) in [5.41, 5.74) is 5.96. The van der Waals surface area contributed by atoms with Gasteiger partial charge in [0, 0.05) is 0 Å². The normalized spacial score (nSPS) is 11.0. The number of rotatable bonds is 1. The van der Waals surface area contributed by atoms with Gasteiger partial charge in [0.15, 0.2) is 0 Å². The van der Waals surface area contributed by atoms with Crippen LogP contribution in [0.1, 0.15) is 0 Å². The van der Waals surface area contributed by atoms with Crippen molar-refractivity contribution in [1.29, 1.82) is 5.53 Å². The molecule has 0 aliphatic carbocycles. The molecule has 4 nitrogen and oxygen atoms in total. The van der Waals surface area contributed by atoms with E-state index in [0.29, 0.717) is 6.26 Å². The Morgan fingerprint density at radius 3 is 2.33 bits per heavy atom. The van der Waals surface area contributed by atoms with Crippen LogP contribution >= 0.6 is 0 Å². The molecule has 0 spiro atoms. The van der Waals surface area contributed by atoms with Crippen molar-refractivity contribution in [2.45, 2.75) is 0 Å². The van der Waals surface area contributed by atoms with Crippen molar-refractivity contribution in [2.75, 3.05) is 0 Å². The van der Waals surface area contributed by atoms with Crippen LogP contribution in [0, 0.1) is 5.53 Å². The number of nitrogens with one attached hydrogen (secondary N) is 1. The van der Waals surface area contributed by atoms with Gasteiger partial charge in [-0.15, -0.1) is 5.11 Å². The molecule has 0 rings (SSSR count). The Morgan fingerprint density at radius 1 is 1.83 bits per heavy atom. The third-order valence-corrected chi connectivity index (χ3v) is 0.230. The Bertz CT molecular complexity index is 77.6. The molecule has 0 saturated heterocycles. The monoisotopic (exact) mass is 88.0 g/mol. The van der Waals surface area contributed by atoms with Crippen molar-refractivity contribution >= 4 is 0 Å². The van der Waals surface area contributed by atoms with E-state index in [1.54, 1.807) is 0 Å². The summed E-state index contributed by atoms with van der Waals surface area (Å²) < 4.78 is 0. The Hall–Kier alpha value is -1.06. The van der Waals surface area contributed by atoms with Gasteiger partial charge in [0.05, 0.1) is 0 Å². The SMILES string of the molecule is N=NC(O)=CO. The predicted octanol–water partition coefficient (Wildman–Crippen LogP) is 0.932. The van der Waals surface area contributed by atoms with Crippen LogP contribution in [0.4, 0.5) is 0 Å². The summed E-state index contributed by atoms with van der Waals surface area (Å²) in [4.78, 5) is 0. The average molecular weight is 88.1 g/mol. The molecule has 0 aliphatic rings. The molecule has 0 unspecified atom stereocenters. The highest BCUT2D eigenvalue weighted by Crippen LogP contribution is 1.81. The number of hydrogen-bond donors (Lipinski definition) is 3. The van der Waals surface area contributed by atoms with E-state index in [9.17, 15) is 0 Å². The molecule has 0 aromatic rings. The van der Waals surface area contributed by atoms with E-state index in [1.807, 2.05) is 0 Å². The molecule has 3 N–H and O–H groups in total. The summed E-state index contributed by atoms with van der Waals surface area (Å²) in [6.07, 6.45) is 0.340. The van der Waals surface area contributed by atoms with Crippen LogP contribution in [0.2, 0.25) is 0 Å². The van der Waals surface area contributed by atoms with Crippen LogP contribution < -0.4 is 0 Å². The number of aliphatic hydroxyl groups is 2. The minimum Gasteiger partial charge on any atom is -0.510 e. The van der Waals surface area contributed by atoms with Crippen molar-refractivity contribution in [2.24, 2.45) is 5.11 Å². The lowest BCUT2D eigenvalue weighted by Crippen LogP contribution is -1.67. The van der Waals surface area contributed by atoms with Gasteiger partial charge in [0.1, 0.15) is 6.26 Å². The molecule has 0 bridgehead atoms. The maximum Gasteiger partial charge on any atom is 0.265 e. The maximum absolute atomic E-state index is 7.92. The molecule has 0 aromatic heterocycles. The summed E-state index contributed by atoms with van der Waals surface area (Å²) in [5.74, 6) is -0.685. The zero-order chi connectivity index (χ0) is 4.99. The average Bonchev–Trinajstić information content (AvgIpc) is 1.65. The van der Waals surface area contributed by atoms with Gasteiger partial charge in [0.25, 0.3) is 5.88 Å². The second-order valence-corrected chi connectivity index (χ2v) is 0.599. The molecule has 34 valence electrons. The van der Waals surface area contributed by atoms with E-state index in [2.05, 4.69) is 5.11 Å². The van der Waals surface area contributed by atoms with E-state index >= 15 is 0 Å². The van der Waals surface area contributed by atoms with Crippen LogP contribution in [0.25, 0.3) is 0 Å². The van der Waals surface area contributed by atoms with Crippen LogP contribution in [-0.4, -0.2) is 10.2 Å². The van der Waals surface area contributed by atoms with Gasteiger partial charge < -0.3 is 10.2 Å². The van der Waals surface area contributed by atoms with Gasteiger partial charge in [-0.3, -0.25) is 0 Å². The Morgan fingerprint density at radius 2 is 2.33 bits per heavy atom. The van der Waals surface area contributed by atoms with E-state index in [4.69, 9.17) is 15.7 Å². The molecular weight excluding hydrogens is 84.0 g/mol. The molecule has 0 aromatic carbocycles. The van der Waals surface area contributed by atoms with Crippen molar-refractivity contribution < 1.29 is 10.2 Å². The lowest BCUT2D eigenvalue weighted by atomic mass is 10.9. The quantitative estimate of drug-likeness (QED) is 0.329. The Kier molecular flexibility index (Phi) is 1.81. The lowest BCUT2D eigenvalue weighted by Gasteiger charge is -1.75. The van der Waals surface area contributed by atoms with E-state index in [1.165, 1.54) is 0 Å².